The molecule has 1 saturated carbocycles. The third-order valence-corrected chi connectivity index (χ3v) is 9.79. The fourth-order valence-corrected chi connectivity index (χ4v) is 6.67. The van der Waals surface area contributed by atoms with Crippen LogP contribution < -0.4 is 30.7 Å². The second kappa shape index (κ2) is 18.7. The number of amides is 5. The summed E-state index contributed by atoms with van der Waals surface area (Å²) in [5.74, 6) is -0.712. The fraction of sp³-hybridized carbons (Fsp3) is 0.488. The number of methoxy groups -OCH3 is 1. The molecule has 1 fully saturated rings. The minimum atomic E-state index is -1.14. The van der Waals surface area contributed by atoms with Gasteiger partial charge in [-0.1, -0.05) is 38.1 Å². The predicted molar refractivity (Wildman–Crippen MR) is 205 cm³/mol. The van der Waals surface area contributed by atoms with Gasteiger partial charge in [0.25, 0.3) is 5.91 Å². The molecule has 3 heterocycles. The summed E-state index contributed by atoms with van der Waals surface area (Å²) < 4.78 is 11.4. The number of nitrogens with zero attached hydrogens (tertiary/aromatic N) is 3. The van der Waals surface area contributed by atoms with Gasteiger partial charge in [0.1, 0.15) is 42.6 Å². The molecule has 0 saturated heterocycles. The lowest BCUT2D eigenvalue weighted by Crippen LogP contribution is -2.58. The molecule has 3 aromatic rings. The van der Waals surface area contributed by atoms with Crippen molar-refractivity contribution in [3.8, 4) is 11.5 Å². The average Bonchev–Trinajstić information content (AvgIpc) is 3.97. The van der Waals surface area contributed by atoms with Gasteiger partial charge in [0, 0.05) is 19.4 Å². The Morgan fingerprint density at radius 1 is 0.945 bits per heavy atom. The molecule has 2 aliphatic heterocycles. The van der Waals surface area contributed by atoms with E-state index < -0.39 is 41.8 Å². The van der Waals surface area contributed by atoms with Crippen LogP contribution in [-0.4, -0.2) is 95.4 Å². The molecule has 0 spiro atoms. The van der Waals surface area contributed by atoms with E-state index in [4.69, 9.17) is 9.47 Å². The second-order valence-corrected chi connectivity index (χ2v) is 15.0. The molecule has 294 valence electrons. The third kappa shape index (κ3) is 11.7. The lowest BCUT2D eigenvalue weighted by atomic mass is 10.0. The lowest BCUT2D eigenvalue weighted by Gasteiger charge is -2.29. The third-order valence-electron chi connectivity index (χ3n) is 9.79. The first-order valence-electron chi connectivity index (χ1n) is 18.9. The first-order valence-corrected chi connectivity index (χ1v) is 18.9. The van der Waals surface area contributed by atoms with Crippen LogP contribution in [0.1, 0.15) is 72.9 Å². The molecule has 14 heteroatoms. The van der Waals surface area contributed by atoms with Crippen LogP contribution in [-0.2, 0) is 32.0 Å². The monoisotopic (exact) mass is 755 g/mol. The first-order chi connectivity index (χ1) is 26.3. The van der Waals surface area contributed by atoms with Crippen molar-refractivity contribution in [2.45, 2.75) is 90.9 Å². The van der Waals surface area contributed by atoms with E-state index >= 15 is 0 Å². The van der Waals surface area contributed by atoms with Crippen LogP contribution in [0.15, 0.2) is 54.9 Å². The van der Waals surface area contributed by atoms with Crippen LogP contribution in [0.25, 0.3) is 0 Å². The number of benzene rings is 2. The first kappa shape index (κ1) is 40.7. The Morgan fingerprint density at radius 3 is 2.24 bits per heavy atom. The second-order valence-electron chi connectivity index (χ2n) is 15.0. The van der Waals surface area contributed by atoms with E-state index in [1.54, 1.807) is 64.3 Å². The Hall–Kier alpha value is -5.53. The van der Waals surface area contributed by atoms with E-state index in [0.717, 1.165) is 24.0 Å². The average molecular weight is 756 g/mol. The van der Waals surface area contributed by atoms with Crippen LogP contribution in [0, 0.1) is 25.7 Å². The van der Waals surface area contributed by atoms with Crippen molar-refractivity contribution in [2.24, 2.45) is 11.8 Å². The number of hydrogen-bond acceptors (Lipinski definition) is 9. The molecule has 1 aromatic heterocycles. The normalized spacial score (nSPS) is 21.6. The van der Waals surface area contributed by atoms with Crippen LogP contribution in [0.3, 0.4) is 0 Å². The van der Waals surface area contributed by atoms with E-state index in [2.05, 4.69) is 45.1 Å². The van der Waals surface area contributed by atoms with Crippen molar-refractivity contribution in [1.29, 1.82) is 0 Å². The molecule has 4 N–H and O–H groups in total. The van der Waals surface area contributed by atoms with Crippen molar-refractivity contribution in [3.05, 3.63) is 82.9 Å². The van der Waals surface area contributed by atoms with Crippen LogP contribution in [0.4, 0.5) is 0 Å². The van der Waals surface area contributed by atoms with Gasteiger partial charge in [0.05, 0.1) is 36.6 Å². The molecule has 3 aliphatic rings. The molecule has 1 aliphatic carbocycles. The summed E-state index contributed by atoms with van der Waals surface area (Å²) in [6, 6.07) is 10.7. The Morgan fingerprint density at radius 2 is 1.62 bits per heavy atom. The number of aromatic nitrogens is 2. The van der Waals surface area contributed by atoms with Gasteiger partial charge in [-0.15, -0.1) is 0 Å². The van der Waals surface area contributed by atoms with Crippen LogP contribution >= 0.6 is 0 Å². The Balaban J connectivity index is 1.49. The molecule has 0 unspecified atom stereocenters. The highest BCUT2D eigenvalue weighted by atomic mass is 16.5. The minimum absolute atomic E-state index is 0.0748. The topological polar surface area (TPSA) is 181 Å². The standard InChI is InChI=1S/C41H53N7O7/c1-24(2)17-31-22-55-33-15-11-29(12-16-33)19-35(47-40(52)37-25(3)42-23-43-26(37)4)39(51)46-34(18-28-9-13-32(54-6)14-10-28)38(50)44-27(5)41(53)48(20-30-7-8-30)21-36(49)45-31/h9-16,23-24,27,30-31,34-35H,7-8,17-22H2,1-6H3,(H,44,50)(H,45,49)(H,46,51)(H,47,52)/t27-,31+,34+,35+/m1/s1. The van der Waals surface area contributed by atoms with E-state index in [1.807, 2.05) is 12.1 Å². The Kier molecular flexibility index (Phi) is 13.8. The van der Waals surface area contributed by atoms with Crippen molar-refractivity contribution in [2.75, 3.05) is 26.8 Å². The number of aryl methyl sites for hydroxylation is 2. The smallest absolute Gasteiger partial charge is 0.255 e. The van der Waals surface area contributed by atoms with Gasteiger partial charge in [-0.25, -0.2) is 9.97 Å². The zero-order valence-corrected chi connectivity index (χ0v) is 32.5. The van der Waals surface area contributed by atoms with Gasteiger partial charge in [0.2, 0.25) is 23.6 Å². The number of carbonyl (C=O) groups is 5. The summed E-state index contributed by atoms with van der Waals surface area (Å²) in [7, 11) is 1.55. The number of fused-ring (bicyclic) bond motifs is 17. The fourth-order valence-electron chi connectivity index (χ4n) is 6.67. The molecule has 5 amide bonds. The molecule has 4 atom stereocenters. The van der Waals surface area contributed by atoms with Crippen molar-refractivity contribution >= 4 is 29.5 Å². The molecule has 2 bridgehead atoms. The van der Waals surface area contributed by atoms with Gasteiger partial charge in [-0.05, 0) is 87.3 Å². The van der Waals surface area contributed by atoms with Crippen molar-refractivity contribution < 1.29 is 33.4 Å². The highest BCUT2D eigenvalue weighted by Gasteiger charge is 2.34. The molecular formula is C41H53N7O7. The maximum atomic E-state index is 14.3. The van der Waals surface area contributed by atoms with Gasteiger partial charge >= 0.3 is 0 Å². The molecule has 6 rings (SSSR count). The van der Waals surface area contributed by atoms with Crippen molar-refractivity contribution in [3.63, 3.8) is 0 Å². The molecular weight excluding hydrogens is 702 g/mol. The quantitative estimate of drug-likeness (QED) is 0.239. The highest BCUT2D eigenvalue weighted by Crippen LogP contribution is 2.30. The maximum absolute atomic E-state index is 14.3. The molecule has 14 nitrogen and oxygen atoms in total. The largest absolute Gasteiger partial charge is 0.497 e. The van der Waals surface area contributed by atoms with Crippen LogP contribution in [0.5, 0.6) is 11.5 Å². The number of ether oxygens (including phenoxy) is 2. The van der Waals surface area contributed by atoms with Gasteiger partial charge in [0.15, 0.2) is 0 Å². The van der Waals surface area contributed by atoms with Gasteiger partial charge < -0.3 is 35.6 Å². The highest BCUT2D eigenvalue weighted by molar-refractivity contribution is 6.00. The lowest BCUT2D eigenvalue weighted by molar-refractivity contribution is -0.140. The predicted octanol–water partition coefficient (Wildman–Crippen LogP) is 2.84. The number of nitrogens with one attached hydrogen (secondary N) is 4. The zero-order chi connectivity index (χ0) is 39.6. The summed E-state index contributed by atoms with van der Waals surface area (Å²) in [5.41, 5.74) is 2.61. The summed E-state index contributed by atoms with van der Waals surface area (Å²) in [4.78, 5) is 79.2. The van der Waals surface area contributed by atoms with E-state index in [1.165, 1.54) is 11.2 Å². The molecule has 55 heavy (non-hydrogen) atoms. The van der Waals surface area contributed by atoms with Gasteiger partial charge in [-0.2, -0.15) is 0 Å². The SMILES string of the molecule is COc1ccc(C[C@@H]2NC(=O)[C@@H](NC(=O)c3c(C)ncnc3C)Cc3ccc(cc3)OC[C@H](CC(C)C)NC(=O)CN(CC3CC3)C(=O)[C@@H](C)NC2=O)cc1. The van der Waals surface area contributed by atoms with Crippen LogP contribution in [0.2, 0.25) is 0 Å². The Labute approximate surface area is 322 Å². The summed E-state index contributed by atoms with van der Waals surface area (Å²) in [6.07, 6.45) is 4.10. The van der Waals surface area contributed by atoms with E-state index in [9.17, 15) is 24.0 Å². The minimum Gasteiger partial charge on any atom is -0.497 e. The summed E-state index contributed by atoms with van der Waals surface area (Å²) in [5, 5.41) is 11.6. The van der Waals surface area contributed by atoms with E-state index in [-0.39, 0.29) is 55.3 Å². The van der Waals surface area contributed by atoms with Crippen molar-refractivity contribution in [1.82, 2.24) is 36.1 Å². The van der Waals surface area contributed by atoms with Gasteiger partial charge in [-0.3, -0.25) is 24.0 Å². The molecule has 2 aromatic carbocycles. The molecule has 0 radical (unpaired) electrons. The number of hydrogen-bond donors (Lipinski definition) is 4. The summed E-state index contributed by atoms with van der Waals surface area (Å²) in [6.45, 7) is 9.51. The van der Waals surface area contributed by atoms with E-state index in [0.29, 0.717) is 35.9 Å². The number of carbonyl (C=O) groups excluding carboxylic acids is 5. The number of rotatable bonds is 9. The zero-order valence-electron chi connectivity index (χ0n) is 32.5. The Bertz CT molecular complexity index is 1810. The summed E-state index contributed by atoms with van der Waals surface area (Å²) >= 11 is 0. The maximum Gasteiger partial charge on any atom is 0.255 e.